The summed E-state index contributed by atoms with van der Waals surface area (Å²) in [6, 6.07) is 16.0. The van der Waals surface area contributed by atoms with E-state index in [-0.39, 0.29) is 0 Å². The molecule has 0 spiro atoms. The van der Waals surface area contributed by atoms with E-state index in [4.69, 9.17) is 15.2 Å². The lowest BCUT2D eigenvalue weighted by Crippen LogP contribution is -2.38. The minimum absolute atomic E-state index is 0.562. The fraction of sp³-hybridized carbons (Fsp3) is 0.333. The summed E-state index contributed by atoms with van der Waals surface area (Å²) in [5, 5.41) is 0. The van der Waals surface area contributed by atoms with Crippen LogP contribution in [-0.2, 0) is 5.54 Å². The zero-order valence-electron chi connectivity index (χ0n) is 12.9. The van der Waals surface area contributed by atoms with Gasteiger partial charge in [0.15, 0.2) is 0 Å². The Labute approximate surface area is 126 Å². The predicted molar refractivity (Wildman–Crippen MR) is 85.9 cm³/mol. The van der Waals surface area contributed by atoms with Gasteiger partial charge in [-0.05, 0) is 24.1 Å². The van der Waals surface area contributed by atoms with Crippen LogP contribution in [-0.4, -0.2) is 14.2 Å². The van der Waals surface area contributed by atoms with E-state index in [0.29, 0.717) is 0 Å². The molecule has 0 saturated heterocycles. The smallest absolute Gasteiger partial charge is 0.127 e. The fourth-order valence-electron chi connectivity index (χ4n) is 2.73. The van der Waals surface area contributed by atoms with Crippen LogP contribution in [0.1, 0.15) is 30.9 Å². The highest BCUT2D eigenvalue weighted by atomic mass is 16.5. The molecule has 0 bridgehead atoms. The summed E-state index contributed by atoms with van der Waals surface area (Å²) in [6.07, 6.45) is 1.83. The van der Waals surface area contributed by atoms with Crippen LogP contribution in [0.5, 0.6) is 11.5 Å². The van der Waals surface area contributed by atoms with Crippen molar-refractivity contribution in [3.05, 3.63) is 59.7 Å². The van der Waals surface area contributed by atoms with Gasteiger partial charge in [-0.15, -0.1) is 0 Å². The lowest BCUT2D eigenvalue weighted by Gasteiger charge is -2.32. The van der Waals surface area contributed by atoms with Crippen molar-refractivity contribution in [3.8, 4) is 11.5 Å². The second kappa shape index (κ2) is 6.64. The third-order valence-corrected chi connectivity index (χ3v) is 3.82. The van der Waals surface area contributed by atoms with Gasteiger partial charge in [-0.3, -0.25) is 0 Å². The third kappa shape index (κ3) is 3.03. The Balaban J connectivity index is 2.57. The minimum Gasteiger partial charge on any atom is -0.497 e. The molecular weight excluding hydrogens is 262 g/mol. The Kier molecular flexibility index (Phi) is 4.86. The summed E-state index contributed by atoms with van der Waals surface area (Å²) in [7, 11) is 3.31. The molecule has 0 amide bonds. The lowest BCUT2D eigenvalue weighted by atomic mass is 9.80. The molecule has 0 aliphatic rings. The molecule has 0 aromatic heterocycles. The average Bonchev–Trinajstić information content (AvgIpc) is 2.55. The van der Waals surface area contributed by atoms with Crippen molar-refractivity contribution >= 4 is 0 Å². The van der Waals surface area contributed by atoms with Crippen LogP contribution in [0.15, 0.2) is 48.5 Å². The number of rotatable bonds is 6. The first-order chi connectivity index (χ1) is 10.2. The highest BCUT2D eigenvalue weighted by molar-refractivity contribution is 5.49. The summed E-state index contributed by atoms with van der Waals surface area (Å²) >= 11 is 0. The Hall–Kier alpha value is -2.00. The van der Waals surface area contributed by atoms with Gasteiger partial charge >= 0.3 is 0 Å². The molecule has 21 heavy (non-hydrogen) atoms. The van der Waals surface area contributed by atoms with Gasteiger partial charge in [0.05, 0.1) is 19.8 Å². The lowest BCUT2D eigenvalue weighted by molar-refractivity contribution is 0.376. The molecule has 0 aliphatic heterocycles. The van der Waals surface area contributed by atoms with Crippen molar-refractivity contribution in [2.45, 2.75) is 25.3 Å². The van der Waals surface area contributed by atoms with Crippen LogP contribution in [0, 0.1) is 0 Å². The predicted octanol–water partition coefficient (Wildman–Crippen LogP) is 3.71. The van der Waals surface area contributed by atoms with Crippen molar-refractivity contribution in [2.24, 2.45) is 5.73 Å². The molecule has 0 heterocycles. The van der Waals surface area contributed by atoms with Gasteiger partial charge in [-0.1, -0.05) is 43.7 Å². The molecule has 2 aromatic carbocycles. The monoisotopic (exact) mass is 285 g/mol. The standard InChI is InChI=1S/C18H23NO2/c1-4-12-18(19,14-8-6-5-7-9-14)16-11-10-15(20-2)13-17(16)21-3/h5-11,13H,4,12,19H2,1-3H3. The maximum Gasteiger partial charge on any atom is 0.127 e. The summed E-state index contributed by atoms with van der Waals surface area (Å²) in [5.41, 5.74) is 8.31. The molecular formula is C18H23NO2. The van der Waals surface area contributed by atoms with Crippen LogP contribution in [0.25, 0.3) is 0 Å². The Morgan fingerprint density at radius 3 is 2.29 bits per heavy atom. The summed E-state index contributed by atoms with van der Waals surface area (Å²) in [6.45, 7) is 2.14. The van der Waals surface area contributed by atoms with Gasteiger partial charge in [0.1, 0.15) is 11.5 Å². The Bertz CT molecular complexity index is 583. The molecule has 0 fully saturated rings. The van der Waals surface area contributed by atoms with Crippen molar-refractivity contribution in [3.63, 3.8) is 0 Å². The molecule has 0 aliphatic carbocycles. The summed E-state index contributed by atoms with van der Waals surface area (Å²) < 4.78 is 10.8. The van der Waals surface area contributed by atoms with Crippen LogP contribution in [0.3, 0.4) is 0 Å². The Morgan fingerprint density at radius 2 is 1.71 bits per heavy atom. The van der Waals surface area contributed by atoms with E-state index in [0.717, 1.165) is 35.5 Å². The van der Waals surface area contributed by atoms with Crippen molar-refractivity contribution < 1.29 is 9.47 Å². The topological polar surface area (TPSA) is 44.5 Å². The number of benzene rings is 2. The van der Waals surface area contributed by atoms with Crippen molar-refractivity contribution in [1.82, 2.24) is 0 Å². The molecule has 2 aromatic rings. The summed E-state index contributed by atoms with van der Waals surface area (Å²) in [4.78, 5) is 0. The number of ether oxygens (including phenoxy) is 2. The van der Waals surface area contributed by atoms with Crippen LogP contribution >= 0.6 is 0 Å². The SMILES string of the molecule is CCCC(N)(c1ccccc1)c1ccc(OC)cc1OC. The minimum atomic E-state index is -0.562. The number of hydrogen-bond acceptors (Lipinski definition) is 3. The van der Waals surface area contributed by atoms with Gasteiger partial charge in [0.25, 0.3) is 0 Å². The molecule has 112 valence electrons. The van der Waals surface area contributed by atoms with Gasteiger partial charge in [0.2, 0.25) is 0 Å². The van der Waals surface area contributed by atoms with Crippen LogP contribution in [0.4, 0.5) is 0 Å². The van der Waals surface area contributed by atoms with Crippen molar-refractivity contribution in [1.29, 1.82) is 0 Å². The molecule has 3 nitrogen and oxygen atoms in total. The van der Waals surface area contributed by atoms with E-state index in [2.05, 4.69) is 19.1 Å². The second-order valence-corrected chi connectivity index (χ2v) is 5.15. The zero-order chi connectivity index (χ0) is 15.3. The van der Waals surface area contributed by atoms with Gasteiger partial charge < -0.3 is 15.2 Å². The third-order valence-electron chi connectivity index (χ3n) is 3.82. The normalized spacial score (nSPS) is 13.5. The zero-order valence-corrected chi connectivity index (χ0v) is 12.9. The number of hydrogen-bond donors (Lipinski definition) is 1. The first-order valence-corrected chi connectivity index (χ1v) is 7.22. The molecule has 0 saturated carbocycles. The molecule has 0 radical (unpaired) electrons. The second-order valence-electron chi connectivity index (χ2n) is 5.15. The van der Waals surface area contributed by atoms with Crippen molar-refractivity contribution in [2.75, 3.05) is 14.2 Å². The molecule has 2 rings (SSSR count). The average molecular weight is 285 g/mol. The van der Waals surface area contributed by atoms with E-state index in [1.807, 2.05) is 36.4 Å². The van der Waals surface area contributed by atoms with E-state index in [9.17, 15) is 0 Å². The van der Waals surface area contributed by atoms with E-state index in [1.165, 1.54) is 0 Å². The van der Waals surface area contributed by atoms with Gasteiger partial charge in [-0.2, -0.15) is 0 Å². The van der Waals surface area contributed by atoms with E-state index >= 15 is 0 Å². The summed E-state index contributed by atoms with van der Waals surface area (Å²) in [5.74, 6) is 1.52. The number of methoxy groups -OCH3 is 2. The highest BCUT2D eigenvalue weighted by Crippen LogP contribution is 2.38. The molecule has 1 atom stereocenters. The quantitative estimate of drug-likeness (QED) is 0.880. The van der Waals surface area contributed by atoms with Gasteiger partial charge in [-0.25, -0.2) is 0 Å². The molecule has 3 heteroatoms. The number of nitrogens with two attached hydrogens (primary N) is 1. The fourth-order valence-corrected chi connectivity index (χ4v) is 2.73. The highest BCUT2D eigenvalue weighted by Gasteiger charge is 2.31. The molecule has 2 N–H and O–H groups in total. The van der Waals surface area contributed by atoms with Gasteiger partial charge in [0, 0.05) is 11.6 Å². The first-order valence-electron chi connectivity index (χ1n) is 7.22. The van der Waals surface area contributed by atoms with E-state index < -0.39 is 5.54 Å². The van der Waals surface area contributed by atoms with E-state index in [1.54, 1.807) is 14.2 Å². The molecule has 1 unspecified atom stereocenters. The Morgan fingerprint density at radius 1 is 1.00 bits per heavy atom. The largest absolute Gasteiger partial charge is 0.497 e. The first kappa shape index (κ1) is 15.4. The maximum absolute atomic E-state index is 6.80. The maximum atomic E-state index is 6.80. The van der Waals surface area contributed by atoms with Crippen LogP contribution < -0.4 is 15.2 Å². The van der Waals surface area contributed by atoms with Crippen LogP contribution in [0.2, 0.25) is 0 Å².